The lowest BCUT2D eigenvalue weighted by atomic mass is 9.63. The molecular formula is C27H30BIP-. The van der Waals surface area contributed by atoms with Gasteiger partial charge in [0.25, 0.3) is 0 Å². The van der Waals surface area contributed by atoms with Gasteiger partial charge in [-0.2, -0.15) is 36.9 Å². The van der Waals surface area contributed by atoms with Gasteiger partial charge < -0.3 is 6.32 Å². The minimum Gasteiger partial charge on any atom is -0.329 e. The molecule has 0 heterocycles. The molecule has 0 saturated carbocycles. The molecule has 3 aromatic rings. The Hall–Kier alpha value is -1.38. The first-order chi connectivity index (χ1) is 14.2. The summed E-state index contributed by atoms with van der Waals surface area (Å²) in [6.07, 6.45) is 3.47. The van der Waals surface area contributed by atoms with Gasteiger partial charge in [0.05, 0.1) is 4.29 Å². The highest BCUT2D eigenvalue weighted by molar-refractivity contribution is 14.1. The molecule has 2 unspecified atom stereocenters. The third kappa shape index (κ3) is 5.65. The highest BCUT2D eigenvalue weighted by atomic mass is 127. The van der Waals surface area contributed by atoms with Gasteiger partial charge in [0, 0.05) is 5.41 Å². The number of rotatable bonds is 8. The van der Waals surface area contributed by atoms with E-state index in [1.54, 1.807) is 0 Å². The fourth-order valence-electron chi connectivity index (χ4n) is 4.42. The van der Waals surface area contributed by atoms with E-state index in [0.717, 1.165) is 12.0 Å². The van der Waals surface area contributed by atoms with Crippen LogP contribution in [0.1, 0.15) is 49.4 Å². The van der Waals surface area contributed by atoms with E-state index in [9.17, 15) is 0 Å². The van der Waals surface area contributed by atoms with Crippen molar-refractivity contribution in [2.24, 2.45) is 5.41 Å². The molecule has 0 aliphatic rings. The highest BCUT2D eigenvalue weighted by Crippen LogP contribution is 2.44. The summed E-state index contributed by atoms with van der Waals surface area (Å²) in [4.78, 5) is 0. The van der Waals surface area contributed by atoms with Crippen LogP contribution in [0.2, 0.25) is 0 Å². The third-order valence-corrected chi connectivity index (χ3v) is 6.38. The number of halogens is 1. The topological polar surface area (TPSA) is 0 Å². The summed E-state index contributed by atoms with van der Waals surface area (Å²) in [6, 6.07) is 30.3. The Bertz CT molecular complexity index is 965. The molecule has 0 nitrogen and oxygen atoms in total. The molecule has 0 aliphatic heterocycles. The van der Waals surface area contributed by atoms with Crippen molar-refractivity contribution in [1.29, 1.82) is 0 Å². The molecule has 0 amide bonds. The first kappa shape index (κ1) is 23.3. The summed E-state index contributed by atoms with van der Waals surface area (Å²) in [5.74, 6) is 0. The summed E-state index contributed by atoms with van der Waals surface area (Å²) in [5, 5.41) is 0. The Labute approximate surface area is 198 Å². The van der Waals surface area contributed by atoms with Crippen molar-refractivity contribution in [1.82, 2.24) is 0 Å². The van der Waals surface area contributed by atoms with Gasteiger partial charge in [-0.25, -0.2) is 0 Å². The van der Waals surface area contributed by atoms with Crippen LogP contribution in [0.3, 0.4) is 0 Å². The largest absolute Gasteiger partial charge is 0.329 e. The Kier molecular flexibility index (Phi) is 7.63. The van der Waals surface area contributed by atoms with Gasteiger partial charge in [0.2, 0.25) is 0 Å². The second-order valence-electron chi connectivity index (χ2n) is 8.90. The predicted molar refractivity (Wildman–Crippen MR) is 146 cm³/mol. The van der Waals surface area contributed by atoms with E-state index in [1.165, 1.54) is 22.3 Å². The molecular weight excluding hydrogens is 493 g/mol. The molecule has 3 heteroatoms. The Morgan fingerprint density at radius 2 is 1.30 bits per heavy atom. The maximum absolute atomic E-state index is 4.33. The molecule has 154 valence electrons. The zero-order valence-electron chi connectivity index (χ0n) is 18.1. The van der Waals surface area contributed by atoms with E-state index in [-0.39, 0.29) is 10.8 Å². The van der Waals surface area contributed by atoms with Gasteiger partial charge in [-0.05, 0) is 27.8 Å². The van der Waals surface area contributed by atoms with Crippen molar-refractivity contribution in [3.63, 3.8) is 0 Å². The van der Waals surface area contributed by atoms with Crippen LogP contribution in [0.5, 0.6) is 0 Å². The number of hydrogen-bond donors (Lipinski definition) is 0. The van der Waals surface area contributed by atoms with E-state index in [4.69, 9.17) is 0 Å². The van der Waals surface area contributed by atoms with Crippen molar-refractivity contribution in [2.45, 2.75) is 32.6 Å². The molecule has 30 heavy (non-hydrogen) atoms. The molecule has 0 saturated heterocycles. The molecule has 3 rings (SSSR count). The van der Waals surface area contributed by atoms with Gasteiger partial charge in [-0.1, -0.05) is 119 Å². The molecule has 0 bridgehead atoms. The maximum Gasteiger partial charge on any atom is 0.0768 e. The lowest BCUT2D eigenvalue weighted by molar-refractivity contribution is 0.329. The van der Waals surface area contributed by atoms with E-state index >= 15 is 0 Å². The van der Waals surface area contributed by atoms with Gasteiger partial charge >= 0.3 is 0 Å². The minimum atomic E-state index is -0.0793. The predicted octanol–water partition coefficient (Wildman–Crippen LogP) is 8.01. The van der Waals surface area contributed by atoms with Crippen molar-refractivity contribution < 1.29 is 0 Å². The summed E-state index contributed by atoms with van der Waals surface area (Å²) in [7, 11) is 2.90. The molecule has 0 aromatic heterocycles. The summed E-state index contributed by atoms with van der Waals surface area (Å²) < 4.78 is 0.453. The zero-order valence-corrected chi connectivity index (χ0v) is 21.4. The molecule has 0 radical (unpaired) electrons. The molecule has 2 atom stereocenters. The van der Waals surface area contributed by atoms with Crippen LogP contribution in [-0.4, -0.2) is 4.29 Å². The van der Waals surface area contributed by atoms with Crippen molar-refractivity contribution >= 4 is 41.4 Å². The van der Waals surface area contributed by atoms with Crippen LogP contribution in [0.4, 0.5) is 0 Å². The van der Waals surface area contributed by atoms with Crippen LogP contribution in [0, 0.1) is 11.7 Å². The average Bonchev–Trinajstić information content (AvgIpc) is 2.73. The Balaban J connectivity index is 1.97. The molecule has 3 aromatic carbocycles. The lowest BCUT2D eigenvalue weighted by Crippen LogP contribution is -2.32. The van der Waals surface area contributed by atoms with Gasteiger partial charge in [0.1, 0.15) is 0 Å². The van der Waals surface area contributed by atoms with Crippen molar-refractivity contribution in [3.05, 3.63) is 120 Å². The van der Waals surface area contributed by atoms with E-state index in [1.807, 2.05) is 6.07 Å². The maximum atomic E-state index is 4.33. The molecule has 0 fully saturated rings. The average molecular weight is 523 g/mol. The fraction of sp³-hybridized carbons (Fsp3) is 0.222. The van der Waals surface area contributed by atoms with Crippen LogP contribution in [-0.2, 0) is 5.41 Å². The standard InChI is InChI=1S/C27H30BIP/c1-21(22-11-7-5-8-12-22)23-15-17-25(18-16-23)27(4,24-13-9-6-10-14-24)19-26(2,3)20-28(29)30/h5-18,20H,1,19,30H2,2-4H3/q-1. The second-order valence-corrected chi connectivity index (χ2v) is 12.4. The van der Waals surface area contributed by atoms with Crippen molar-refractivity contribution in [3.8, 4) is 0 Å². The van der Waals surface area contributed by atoms with Crippen LogP contribution < -0.4 is 0 Å². The van der Waals surface area contributed by atoms with Crippen LogP contribution in [0.25, 0.3) is 5.57 Å². The normalized spacial score (nSPS) is 13.5. The smallest absolute Gasteiger partial charge is 0.0768 e. The molecule has 0 N–H and O–H groups in total. The van der Waals surface area contributed by atoms with Crippen LogP contribution in [0.15, 0.2) is 91.5 Å². The first-order valence-corrected chi connectivity index (χ1v) is 12.3. The minimum absolute atomic E-state index is 0.0793. The zero-order chi connectivity index (χ0) is 21.8. The van der Waals surface area contributed by atoms with Gasteiger partial charge in [0.15, 0.2) is 0 Å². The number of benzene rings is 3. The quantitative estimate of drug-likeness (QED) is 0.122. The fourth-order valence-corrected chi connectivity index (χ4v) is 5.92. The van der Waals surface area contributed by atoms with Gasteiger partial charge in [-0.15, -0.1) is 0 Å². The van der Waals surface area contributed by atoms with E-state index < -0.39 is 0 Å². The highest BCUT2D eigenvalue weighted by Gasteiger charge is 2.32. The summed E-state index contributed by atoms with van der Waals surface area (Å²) >= 11 is 2.46. The number of hydrogen-bond acceptors (Lipinski definition) is 0. The lowest BCUT2D eigenvalue weighted by Gasteiger charge is -2.45. The van der Waals surface area contributed by atoms with E-state index in [2.05, 4.69) is 144 Å². The molecule has 0 spiro atoms. The first-order valence-electron chi connectivity index (χ1n) is 10.4. The summed E-state index contributed by atoms with van der Waals surface area (Å²) in [6.45, 7) is 11.4. The third-order valence-electron chi connectivity index (χ3n) is 5.82. The molecule has 0 aliphatic carbocycles. The summed E-state index contributed by atoms with van der Waals surface area (Å²) in [5.41, 5.74) is 6.12. The Morgan fingerprint density at radius 3 is 1.83 bits per heavy atom. The SMILES string of the molecule is C=C(c1ccccc1)c1ccc(C(C)(CC(C)(C)[CH-]B(P)I)c2ccccc2)cc1. The second kappa shape index (κ2) is 9.83. The van der Waals surface area contributed by atoms with Crippen molar-refractivity contribution in [2.75, 3.05) is 0 Å². The Morgan fingerprint density at radius 1 is 0.833 bits per heavy atom. The van der Waals surface area contributed by atoms with E-state index in [0.29, 0.717) is 4.29 Å². The van der Waals surface area contributed by atoms with Crippen LogP contribution >= 0.6 is 31.5 Å². The van der Waals surface area contributed by atoms with Gasteiger partial charge in [-0.3, -0.25) is 0 Å². The monoisotopic (exact) mass is 523 g/mol.